The van der Waals surface area contributed by atoms with E-state index in [9.17, 15) is 4.79 Å². The second-order valence-electron chi connectivity index (χ2n) is 9.82. The van der Waals surface area contributed by atoms with Crippen molar-refractivity contribution in [1.82, 2.24) is 24.5 Å². The average molecular weight is 478 g/mol. The molecule has 0 bridgehead atoms. The molecule has 1 aliphatic carbocycles. The van der Waals surface area contributed by atoms with Crippen LogP contribution >= 0.6 is 0 Å². The van der Waals surface area contributed by atoms with Gasteiger partial charge in [-0.3, -0.25) is 4.79 Å². The maximum Gasteiger partial charge on any atom is 0.252 e. The highest BCUT2D eigenvalue weighted by Crippen LogP contribution is 2.38. The summed E-state index contributed by atoms with van der Waals surface area (Å²) in [6, 6.07) is 6.39. The molecule has 0 spiro atoms. The third kappa shape index (κ3) is 4.89. The summed E-state index contributed by atoms with van der Waals surface area (Å²) in [6.45, 7) is 5.61. The van der Waals surface area contributed by atoms with Gasteiger partial charge in [0.15, 0.2) is 0 Å². The van der Waals surface area contributed by atoms with Crippen LogP contribution in [-0.2, 0) is 22.5 Å². The minimum absolute atomic E-state index is 0.0955. The number of methoxy groups -OCH3 is 1. The van der Waals surface area contributed by atoms with E-state index in [-0.39, 0.29) is 12.0 Å². The van der Waals surface area contributed by atoms with Crippen LogP contribution in [0, 0.1) is 19.8 Å². The predicted octanol–water partition coefficient (Wildman–Crippen LogP) is 4.36. The molecule has 1 aromatic carbocycles. The van der Waals surface area contributed by atoms with Crippen LogP contribution in [0.3, 0.4) is 0 Å². The van der Waals surface area contributed by atoms with Crippen molar-refractivity contribution < 1.29 is 14.3 Å². The van der Waals surface area contributed by atoms with Crippen molar-refractivity contribution in [1.29, 1.82) is 0 Å². The lowest BCUT2D eigenvalue weighted by atomic mass is 9.82. The first-order valence-corrected chi connectivity index (χ1v) is 12.8. The van der Waals surface area contributed by atoms with Crippen molar-refractivity contribution >= 4 is 11.7 Å². The van der Waals surface area contributed by atoms with E-state index >= 15 is 0 Å². The zero-order chi connectivity index (χ0) is 24.4. The fourth-order valence-electron chi connectivity index (χ4n) is 5.75. The number of carbonyl (C=O) groups excluding carboxylic acids is 1. The van der Waals surface area contributed by atoms with E-state index < -0.39 is 0 Å². The van der Waals surface area contributed by atoms with Crippen LogP contribution in [0.2, 0.25) is 0 Å². The monoisotopic (exact) mass is 477 g/mol. The summed E-state index contributed by atoms with van der Waals surface area (Å²) >= 11 is 0. The van der Waals surface area contributed by atoms with Crippen molar-refractivity contribution in [2.45, 2.75) is 71.4 Å². The highest BCUT2D eigenvalue weighted by molar-refractivity contribution is 5.76. The van der Waals surface area contributed by atoms with Gasteiger partial charge in [-0.05, 0) is 62.3 Å². The molecule has 1 unspecified atom stereocenters. The first-order valence-electron chi connectivity index (χ1n) is 12.8. The van der Waals surface area contributed by atoms with E-state index in [2.05, 4.69) is 33.3 Å². The molecule has 1 atom stereocenters. The molecule has 1 amide bonds. The van der Waals surface area contributed by atoms with Crippen LogP contribution in [0.25, 0.3) is 5.78 Å². The van der Waals surface area contributed by atoms with Crippen molar-refractivity contribution in [3.05, 3.63) is 52.6 Å². The first-order chi connectivity index (χ1) is 17.0. The Bertz CT molecular complexity index is 1200. The van der Waals surface area contributed by atoms with E-state index in [0.717, 1.165) is 28.3 Å². The van der Waals surface area contributed by atoms with Crippen molar-refractivity contribution in [3.63, 3.8) is 0 Å². The summed E-state index contributed by atoms with van der Waals surface area (Å²) in [7, 11) is 1.81. The number of benzene rings is 1. The molecule has 35 heavy (non-hydrogen) atoms. The molecule has 186 valence electrons. The van der Waals surface area contributed by atoms with Gasteiger partial charge in [0.05, 0.1) is 12.6 Å². The highest BCUT2D eigenvalue weighted by atomic mass is 16.5. The van der Waals surface area contributed by atoms with E-state index in [4.69, 9.17) is 9.47 Å². The molecule has 2 aliphatic rings. The number of amides is 1. The van der Waals surface area contributed by atoms with Crippen molar-refractivity contribution in [2.75, 3.05) is 20.3 Å². The Kier molecular flexibility index (Phi) is 7.00. The summed E-state index contributed by atoms with van der Waals surface area (Å²) in [5.74, 6) is 2.14. The third-order valence-electron chi connectivity index (χ3n) is 7.66. The van der Waals surface area contributed by atoms with Crippen molar-refractivity contribution in [3.8, 4) is 5.75 Å². The van der Waals surface area contributed by atoms with Gasteiger partial charge >= 0.3 is 0 Å². The number of aryl methyl sites for hydroxylation is 2. The standard InChI is InChI=1S/C27H35N5O3/c1-18-23(19(2)32-27(30-18)28-17-29-32)10-12-25(33)31-13-14-35-24-11-9-21(15-22(24)16-31)26(34-3)20-7-5-4-6-8-20/h9,11,15,17,20,26H,4-8,10,12-14,16H2,1-3H3. The second-order valence-corrected chi connectivity index (χ2v) is 9.82. The molecule has 1 saturated carbocycles. The zero-order valence-corrected chi connectivity index (χ0v) is 21.0. The Morgan fingerprint density at radius 3 is 2.86 bits per heavy atom. The van der Waals surface area contributed by atoms with Crippen LogP contribution in [-0.4, -0.2) is 50.7 Å². The average Bonchev–Trinajstić information content (AvgIpc) is 3.23. The van der Waals surface area contributed by atoms with Gasteiger partial charge in [0.2, 0.25) is 5.91 Å². The Labute approximate surface area is 206 Å². The summed E-state index contributed by atoms with van der Waals surface area (Å²) in [5, 5.41) is 4.26. The Hall–Kier alpha value is -3.00. The van der Waals surface area contributed by atoms with Gasteiger partial charge in [0.1, 0.15) is 18.7 Å². The molecule has 3 heterocycles. The fourth-order valence-corrected chi connectivity index (χ4v) is 5.75. The summed E-state index contributed by atoms with van der Waals surface area (Å²) in [5.41, 5.74) is 5.19. The fraction of sp³-hybridized carbons (Fsp3) is 0.556. The summed E-state index contributed by atoms with van der Waals surface area (Å²) < 4.78 is 13.7. The van der Waals surface area contributed by atoms with Crippen molar-refractivity contribution in [2.24, 2.45) is 5.92 Å². The number of hydrogen-bond acceptors (Lipinski definition) is 6. The Morgan fingerprint density at radius 2 is 2.06 bits per heavy atom. The van der Waals surface area contributed by atoms with E-state index in [1.165, 1.54) is 44.0 Å². The Balaban J connectivity index is 1.30. The molecule has 8 heteroatoms. The van der Waals surface area contributed by atoms with Crippen LogP contribution in [0.15, 0.2) is 24.5 Å². The van der Waals surface area contributed by atoms with Gasteiger partial charge in [0.25, 0.3) is 5.78 Å². The van der Waals surface area contributed by atoms with E-state index in [1.54, 1.807) is 4.52 Å². The number of carbonyl (C=O) groups is 1. The van der Waals surface area contributed by atoms with Gasteiger partial charge < -0.3 is 14.4 Å². The SMILES string of the molecule is COC(c1ccc2c(c1)CN(C(=O)CCc1c(C)nc3ncnn3c1C)CCO2)C1CCCCC1. The van der Waals surface area contributed by atoms with Gasteiger partial charge in [-0.1, -0.05) is 25.3 Å². The summed E-state index contributed by atoms with van der Waals surface area (Å²) in [6.07, 6.45) is 8.95. The Morgan fingerprint density at radius 1 is 1.23 bits per heavy atom. The van der Waals surface area contributed by atoms with Crippen LogP contribution in [0.4, 0.5) is 0 Å². The van der Waals surface area contributed by atoms with Gasteiger partial charge in [0, 0.05) is 37.0 Å². The van der Waals surface area contributed by atoms with Crippen LogP contribution in [0.5, 0.6) is 5.75 Å². The normalized spacial score (nSPS) is 17.6. The lowest BCUT2D eigenvalue weighted by Gasteiger charge is -2.30. The largest absolute Gasteiger partial charge is 0.491 e. The van der Waals surface area contributed by atoms with E-state index in [1.807, 2.05) is 25.9 Å². The second kappa shape index (κ2) is 10.3. The number of ether oxygens (including phenoxy) is 2. The smallest absolute Gasteiger partial charge is 0.252 e. The summed E-state index contributed by atoms with van der Waals surface area (Å²) in [4.78, 5) is 23.9. The number of hydrogen-bond donors (Lipinski definition) is 0. The molecule has 0 saturated heterocycles. The quantitative estimate of drug-likeness (QED) is 0.525. The molecule has 2 aromatic heterocycles. The maximum absolute atomic E-state index is 13.3. The molecule has 0 radical (unpaired) electrons. The van der Waals surface area contributed by atoms with Gasteiger partial charge in [-0.15, -0.1) is 0 Å². The van der Waals surface area contributed by atoms with Gasteiger partial charge in [-0.2, -0.15) is 10.1 Å². The molecular weight excluding hydrogens is 442 g/mol. The number of rotatable bonds is 6. The third-order valence-corrected chi connectivity index (χ3v) is 7.66. The minimum atomic E-state index is 0.0955. The molecule has 0 N–H and O–H groups in total. The first kappa shape index (κ1) is 23.7. The predicted molar refractivity (Wildman–Crippen MR) is 132 cm³/mol. The maximum atomic E-state index is 13.3. The lowest BCUT2D eigenvalue weighted by Crippen LogP contribution is -2.32. The van der Waals surface area contributed by atoms with Crippen LogP contribution < -0.4 is 4.74 Å². The van der Waals surface area contributed by atoms with Crippen LogP contribution in [0.1, 0.15) is 72.7 Å². The minimum Gasteiger partial charge on any atom is -0.491 e. The molecule has 1 aliphatic heterocycles. The molecule has 8 nitrogen and oxygen atoms in total. The molecule has 1 fully saturated rings. The topological polar surface area (TPSA) is 81.9 Å². The molecule has 3 aromatic rings. The zero-order valence-electron chi connectivity index (χ0n) is 21.0. The van der Waals surface area contributed by atoms with Gasteiger partial charge in [-0.25, -0.2) is 9.50 Å². The molecule has 5 rings (SSSR count). The molecular formula is C27H35N5O3. The number of fused-ring (bicyclic) bond motifs is 2. The lowest BCUT2D eigenvalue weighted by molar-refractivity contribution is -0.131. The number of nitrogens with zero attached hydrogens (tertiary/aromatic N) is 5. The highest BCUT2D eigenvalue weighted by Gasteiger charge is 2.27. The number of aromatic nitrogens is 4. The van der Waals surface area contributed by atoms with E-state index in [0.29, 0.717) is 44.2 Å².